The van der Waals surface area contributed by atoms with Crippen molar-refractivity contribution in [1.82, 2.24) is 0 Å². The third-order valence-electron chi connectivity index (χ3n) is 3.30. The monoisotopic (exact) mass is 372 g/mol. The topological polar surface area (TPSA) is 70.0 Å². The summed E-state index contributed by atoms with van der Waals surface area (Å²) in [7, 11) is 0. The molecule has 2 rings (SSSR count). The van der Waals surface area contributed by atoms with Gasteiger partial charge in [0.2, 0.25) is 0 Å². The number of hydrogen-bond donors (Lipinski definition) is 1. The highest BCUT2D eigenvalue weighted by atomic mass is 35.5. The number of hydrogen-bond acceptors (Lipinski definition) is 3. The standard InChI is InChI=1S/C15H11Cl3N2O3/c1-8(15(21)22)11-6-7-12(17)14(13(11)18)20(19-23)10-4-2-9(16)3-5-10/h2-8H,1H3,(H,21,22). The molecule has 0 heterocycles. The van der Waals surface area contributed by atoms with E-state index in [1.54, 1.807) is 24.3 Å². The molecule has 0 radical (unpaired) electrons. The molecule has 23 heavy (non-hydrogen) atoms. The number of aliphatic carboxylic acids is 1. The number of carboxylic acids is 1. The Morgan fingerprint density at radius 2 is 1.74 bits per heavy atom. The summed E-state index contributed by atoms with van der Waals surface area (Å²) in [5, 5.41) is 13.8. The van der Waals surface area contributed by atoms with Crippen LogP contribution < -0.4 is 5.01 Å². The highest BCUT2D eigenvalue weighted by Crippen LogP contribution is 2.42. The molecular formula is C15H11Cl3N2O3. The molecule has 0 saturated carbocycles. The summed E-state index contributed by atoms with van der Waals surface area (Å²) in [5.74, 6) is -1.91. The molecule has 120 valence electrons. The zero-order valence-corrected chi connectivity index (χ0v) is 14.1. The van der Waals surface area contributed by atoms with Crippen molar-refractivity contribution < 1.29 is 9.90 Å². The smallest absolute Gasteiger partial charge is 0.310 e. The maximum atomic E-state index is 11.3. The van der Waals surface area contributed by atoms with E-state index in [2.05, 4.69) is 5.29 Å². The Morgan fingerprint density at radius 3 is 2.26 bits per heavy atom. The van der Waals surface area contributed by atoms with Gasteiger partial charge < -0.3 is 5.11 Å². The lowest BCUT2D eigenvalue weighted by atomic mass is 10.0. The second kappa shape index (κ2) is 7.17. The molecule has 5 nitrogen and oxygen atoms in total. The van der Waals surface area contributed by atoms with Crippen molar-refractivity contribution in [2.45, 2.75) is 12.8 Å². The minimum absolute atomic E-state index is 0.0574. The second-order valence-electron chi connectivity index (χ2n) is 4.73. The van der Waals surface area contributed by atoms with Gasteiger partial charge in [-0.3, -0.25) is 4.79 Å². The largest absolute Gasteiger partial charge is 0.481 e. The van der Waals surface area contributed by atoms with Gasteiger partial charge in [0.15, 0.2) is 0 Å². The molecular weight excluding hydrogens is 363 g/mol. The minimum Gasteiger partial charge on any atom is -0.481 e. The first-order valence-electron chi connectivity index (χ1n) is 6.46. The highest BCUT2D eigenvalue weighted by molar-refractivity contribution is 6.40. The van der Waals surface area contributed by atoms with Crippen molar-refractivity contribution in [3.8, 4) is 0 Å². The SMILES string of the molecule is CC(C(=O)O)c1ccc(Cl)c(N(N=O)c2ccc(Cl)cc2)c1Cl. The van der Waals surface area contributed by atoms with Gasteiger partial charge in [-0.15, -0.1) is 4.91 Å². The number of halogens is 3. The molecule has 2 aromatic carbocycles. The maximum absolute atomic E-state index is 11.3. The van der Waals surface area contributed by atoms with Gasteiger partial charge in [0.05, 0.1) is 26.9 Å². The number of carbonyl (C=O) groups is 1. The third-order valence-corrected chi connectivity index (χ3v) is 4.25. The van der Waals surface area contributed by atoms with Gasteiger partial charge in [0.1, 0.15) is 5.69 Å². The molecule has 8 heteroatoms. The van der Waals surface area contributed by atoms with Crippen LogP contribution in [0.1, 0.15) is 18.4 Å². The van der Waals surface area contributed by atoms with Crippen molar-refractivity contribution in [3.63, 3.8) is 0 Å². The van der Waals surface area contributed by atoms with Gasteiger partial charge in [0.25, 0.3) is 0 Å². The van der Waals surface area contributed by atoms with Gasteiger partial charge in [0, 0.05) is 5.02 Å². The van der Waals surface area contributed by atoms with Gasteiger partial charge in [-0.25, -0.2) is 0 Å². The summed E-state index contributed by atoms with van der Waals surface area (Å²) < 4.78 is 0. The van der Waals surface area contributed by atoms with E-state index in [0.717, 1.165) is 5.01 Å². The van der Waals surface area contributed by atoms with Crippen LogP contribution in [0.2, 0.25) is 15.1 Å². The Balaban J connectivity index is 2.60. The Bertz CT molecular complexity index is 750. The summed E-state index contributed by atoms with van der Waals surface area (Å²) in [6.07, 6.45) is 0. The highest BCUT2D eigenvalue weighted by Gasteiger charge is 2.24. The van der Waals surface area contributed by atoms with Gasteiger partial charge in [-0.2, -0.15) is 5.01 Å². The zero-order valence-electron chi connectivity index (χ0n) is 11.8. The summed E-state index contributed by atoms with van der Waals surface area (Å²) in [4.78, 5) is 22.5. The molecule has 0 saturated heterocycles. The van der Waals surface area contributed by atoms with E-state index in [1.807, 2.05) is 0 Å². The molecule has 0 bridgehead atoms. The van der Waals surface area contributed by atoms with E-state index in [9.17, 15) is 9.70 Å². The van der Waals surface area contributed by atoms with Gasteiger partial charge in [-0.1, -0.05) is 40.9 Å². The van der Waals surface area contributed by atoms with Crippen molar-refractivity contribution >= 4 is 52.1 Å². The second-order valence-corrected chi connectivity index (χ2v) is 5.95. The Labute approximate surface area is 147 Å². The third kappa shape index (κ3) is 3.58. The van der Waals surface area contributed by atoms with E-state index in [4.69, 9.17) is 39.9 Å². The predicted molar refractivity (Wildman–Crippen MR) is 91.9 cm³/mol. The van der Waals surface area contributed by atoms with Crippen molar-refractivity contribution in [1.29, 1.82) is 0 Å². The van der Waals surface area contributed by atoms with E-state index in [-0.39, 0.29) is 15.7 Å². The average molecular weight is 374 g/mol. The van der Waals surface area contributed by atoms with E-state index < -0.39 is 11.9 Å². The lowest BCUT2D eigenvalue weighted by Gasteiger charge is -2.21. The molecule has 1 atom stereocenters. The van der Waals surface area contributed by atoms with Crippen molar-refractivity contribution in [2.24, 2.45) is 5.29 Å². The van der Waals surface area contributed by atoms with Crippen LogP contribution in [0.3, 0.4) is 0 Å². The van der Waals surface area contributed by atoms with E-state index in [1.165, 1.54) is 19.1 Å². The van der Waals surface area contributed by atoms with Gasteiger partial charge >= 0.3 is 5.97 Å². The number of nitrogens with zero attached hydrogens (tertiary/aromatic N) is 2. The normalized spacial score (nSPS) is 11.8. The quantitative estimate of drug-likeness (QED) is 0.542. The fourth-order valence-electron chi connectivity index (χ4n) is 2.02. The summed E-state index contributed by atoms with van der Waals surface area (Å²) in [6, 6.07) is 9.30. The van der Waals surface area contributed by atoms with E-state index in [0.29, 0.717) is 16.3 Å². The molecule has 0 fully saturated rings. The summed E-state index contributed by atoms with van der Waals surface area (Å²) in [5.41, 5.74) is 0.853. The molecule has 0 aliphatic rings. The molecule has 0 aliphatic heterocycles. The van der Waals surface area contributed by atoms with E-state index >= 15 is 0 Å². The first-order valence-corrected chi connectivity index (χ1v) is 7.60. The summed E-state index contributed by atoms with van der Waals surface area (Å²) >= 11 is 18.3. The average Bonchev–Trinajstić information content (AvgIpc) is 2.52. The fourth-order valence-corrected chi connectivity index (χ4v) is 2.84. The molecule has 0 aromatic heterocycles. The fraction of sp³-hybridized carbons (Fsp3) is 0.133. The van der Waals surface area contributed by atoms with Crippen molar-refractivity contribution in [2.75, 3.05) is 5.01 Å². The number of anilines is 2. The van der Waals surface area contributed by atoms with Crippen LogP contribution in [-0.4, -0.2) is 11.1 Å². The number of rotatable bonds is 5. The first-order chi connectivity index (χ1) is 10.9. The molecule has 0 amide bonds. The van der Waals surface area contributed by atoms with Crippen LogP contribution in [0.25, 0.3) is 0 Å². The Hall–Kier alpha value is -1.82. The Morgan fingerprint density at radius 1 is 1.13 bits per heavy atom. The minimum atomic E-state index is -1.04. The molecule has 0 aliphatic carbocycles. The Kier molecular flexibility index (Phi) is 5.46. The van der Waals surface area contributed by atoms with Crippen LogP contribution >= 0.6 is 34.8 Å². The van der Waals surface area contributed by atoms with Crippen molar-refractivity contribution in [3.05, 3.63) is 61.9 Å². The lowest BCUT2D eigenvalue weighted by molar-refractivity contribution is -0.138. The number of carboxylic acid groups (broad SMARTS) is 1. The van der Waals surface area contributed by atoms with Crippen LogP contribution in [0, 0.1) is 4.91 Å². The number of benzene rings is 2. The van der Waals surface area contributed by atoms with Crippen LogP contribution in [0.5, 0.6) is 0 Å². The van der Waals surface area contributed by atoms with Gasteiger partial charge in [-0.05, 0) is 42.8 Å². The molecule has 2 aromatic rings. The molecule has 1 unspecified atom stereocenters. The summed E-state index contributed by atoms with van der Waals surface area (Å²) in [6.45, 7) is 1.49. The number of nitroso groups, excluding NO2 is 1. The van der Waals surface area contributed by atoms with Crippen LogP contribution in [0.4, 0.5) is 11.4 Å². The van der Waals surface area contributed by atoms with Crippen LogP contribution in [0.15, 0.2) is 41.7 Å². The lowest BCUT2D eigenvalue weighted by Crippen LogP contribution is -2.13. The van der Waals surface area contributed by atoms with Crippen LogP contribution in [-0.2, 0) is 4.79 Å². The predicted octanol–water partition coefficient (Wildman–Crippen LogP) is 5.65. The zero-order chi connectivity index (χ0) is 17.1. The molecule has 1 N–H and O–H groups in total. The molecule has 0 spiro atoms. The maximum Gasteiger partial charge on any atom is 0.310 e. The first kappa shape index (κ1) is 17.5.